The summed E-state index contributed by atoms with van der Waals surface area (Å²) in [6, 6.07) is 9.70. The first-order valence-corrected chi connectivity index (χ1v) is 14.3. The molecule has 2 aromatic rings. The van der Waals surface area contributed by atoms with E-state index in [0.29, 0.717) is 29.1 Å². The molecule has 1 aliphatic carbocycles. The molecule has 1 saturated carbocycles. The van der Waals surface area contributed by atoms with Gasteiger partial charge in [-0.3, -0.25) is 14.4 Å². The number of hydrogen-bond acceptors (Lipinski definition) is 6. The van der Waals surface area contributed by atoms with Gasteiger partial charge in [0.2, 0.25) is 5.91 Å². The summed E-state index contributed by atoms with van der Waals surface area (Å²) in [5.41, 5.74) is 1.40. The van der Waals surface area contributed by atoms with Crippen molar-refractivity contribution in [1.82, 2.24) is 15.1 Å². The second-order valence-corrected chi connectivity index (χ2v) is 11.7. The number of methoxy groups -OCH3 is 1. The van der Waals surface area contributed by atoms with Crippen molar-refractivity contribution in [1.29, 1.82) is 0 Å². The molecule has 0 bridgehead atoms. The number of hydrogen-bond donors (Lipinski definition) is 4. The molecule has 2 unspecified atom stereocenters. The van der Waals surface area contributed by atoms with Gasteiger partial charge in [0.05, 0.1) is 19.2 Å². The van der Waals surface area contributed by atoms with Gasteiger partial charge in [-0.05, 0) is 69.4 Å². The molecule has 12 nitrogen and oxygen atoms in total. The van der Waals surface area contributed by atoms with Crippen molar-refractivity contribution in [3.05, 3.63) is 53.6 Å². The van der Waals surface area contributed by atoms with E-state index in [1.165, 1.54) is 12.0 Å². The van der Waals surface area contributed by atoms with Crippen LogP contribution in [0.4, 0.5) is 21.0 Å². The molecule has 2 aromatic carbocycles. The van der Waals surface area contributed by atoms with Crippen molar-refractivity contribution in [3.8, 4) is 5.75 Å². The number of nitrogens with one attached hydrogen (secondary N) is 3. The number of carbonyl (C=O) groups is 5. The summed E-state index contributed by atoms with van der Waals surface area (Å²) in [6.45, 7) is 6.78. The molecule has 2 atom stereocenters. The number of rotatable bonds is 12. The predicted octanol–water partition coefficient (Wildman–Crippen LogP) is 3.69. The molecule has 0 radical (unpaired) electrons. The summed E-state index contributed by atoms with van der Waals surface area (Å²) in [6.07, 6.45) is 1.86. The second kappa shape index (κ2) is 14.4. The normalized spacial score (nSPS) is 16.9. The topological polar surface area (TPSA) is 157 Å². The SMILES string of the molecule is COc1cc(CN2C(=O)N(C(CC3CC3)C(=O)NC(C)CC(=O)O)C(=O)C2(C)C)ccc1NC(=O)Nc1ccccc1C.[NaH]. The zero-order valence-corrected chi connectivity index (χ0v) is 25.1. The van der Waals surface area contributed by atoms with E-state index in [1.807, 2.05) is 25.1 Å². The number of anilines is 2. The van der Waals surface area contributed by atoms with E-state index in [0.717, 1.165) is 23.3 Å². The van der Waals surface area contributed by atoms with Gasteiger partial charge in [0.1, 0.15) is 17.3 Å². The van der Waals surface area contributed by atoms with E-state index in [4.69, 9.17) is 9.84 Å². The van der Waals surface area contributed by atoms with E-state index in [1.54, 1.807) is 45.0 Å². The van der Waals surface area contributed by atoms with E-state index in [2.05, 4.69) is 16.0 Å². The average Bonchev–Trinajstić information content (AvgIpc) is 3.74. The summed E-state index contributed by atoms with van der Waals surface area (Å²) in [5.74, 6) is -1.52. The monoisotopic (exact) mass is 617 g/mol. The van der Waals surface area contributed by atoms with Crippen LogP contribution in [0.3, 0.4) is 0 Å². The van der Waals surface area contributed by atoms with Crippen LogP contribution in [0.1, 0.15) is 57.6 Å². The number of para-hydroxylation sites is 1. The number of aliphatic carboxylic acids is 1. The first-order chi connectivity index (χ1) is 20.3. The molecular formula is C31H40N5NaO7. The summed E-state index contributed by atoms with van der Waals surface area (Å²) in [7, 11) is 1.46. The molecule has 13 heteroatoms. The van der Waals surface area contributed by atoms with Gasteiger partial charge in [-0.25, -0.2) is 14.5 Å². The van der Waals surface area contributed by atoms with Crippen LogP contribution < -0.4 is 20.7 Å². The number of aryl methyl sites for hydroxylation is 1. The van der Waals surface area contributed by atoms with Crippen molar-refractivity contribution in [2.75, 3.05) is 17.7 Å². The van der Waals surface area contributed by atoms with Crippen LogP contribution in [0.15, 0.2) is 42.5 Å². The van der Waals surface area contributed by atoms with Crippen molar-refractivity contribution in [3.63, 3.8) is 0 Å². The maximum atomic E-state index is 13.8. The zero-order chi connectivity index (χ0) is 31.5. The number of carboxylic acid groups (broad SMARTS) is 1. The third-order valence-corrected chi connectivity index (χ3v) is 7.84. The standard InChI is InChI=1S/C31H39N5O7.Na.H/c1-18-8-6-7-9-22(18)33-29(41)34-23-13-12-21(16-25(23)43-5)17-35-30(42)36(28(40)31(35,3)4)24(15-20-10-11-20)27(39)32-19(2)14-26(37)38;;/h6-9,12-13,16,19-20,24H,10-11,14-15,17H2,1-5H3,(H,32,39)(H,37,38)(H2,33,34,41);;. The second-order valence-electron chi connectivity index (χ2n) is 11.7. The van der Waals surface area contributed by atoms with E-state index >= 15 is 0 Å². The molecule has 1 saturated heterocycles. The maximum absolute atomic E-state index is 13.8. The van der Waals surface area contributed by atoms with Crippen molar-refractivity contribution < 1.29 is 33.8 Å². The Morgan fingerprint density at radius 2 is 1.73 bits per heavy atom. The van der Waals surface area contributed by atoms with Crippen LogP contribution in [-0.2, 0) is 20.9 Å². The minimum atomic E-state index is -1.25. The Bertz CT molecular complexity index is 1430. The fourth-order valence-electron chi connectivity index (χ4n) is 5.17. The molecule has 1 heterocycles. The number of nitrogens with zero attached hydrogens (tertiary/aromatic N) is 2. The van der Waals surface area contributed by atoms with Gasteiger partial charge >= 0.3 is 47.6 Å². The Labute approximate surface area is 279 Å². The predicted molar refractivity (Wildman–Crippen MR) is 167 cm³/mol. The van der Waals surface area contributed by atoms with Gasteiger partial charge in [-0.15, -0.1) is 0 Å². The van der Waals surface area contributed by atoms with Crippen LogP contribution in [0.2, 0.25) is 0 Å². The third kappa shape index (κ3) is 8.10. The van der Waals surface area contributed by atoms with Crippen LogP contribution in [0.5, 0.6) is 5.75 Å². The van der Waals surface area contributed by atoms with Crippen molar-refractivity contribution >= 4 is 70.8 Å². The molecular weight excluding hydrogens is 577 g/mol. The molecule has 4 rings (SSSR count). The number of imide groups is 1. The van der Waals surface area contributed by atoms with Gasteiger partial charge in [-0.1, -0.05) is 37.1 Å². The number of urea groups is 2. The molecule has 2 fully saturated rings. The van der Waals surface area contributed by atoms with E-state index in [-0.39, 0.29) is 48.4 Å². The Kier molecular flexibility index (Phi) is 11.5. The fraction of sp³-hybridized carbons (Fsp3) is 0.452. The quantitative estimate of drug-likeness (QED) is 0.209. The van der Waals surface area contributed by atoms with Crippen LogP contribution in [0.25, 0.3) is 0 Å². The van der Waals surface area contributed by atoms with Gasteiger partial charge in [0.25, 0.3) is 5.91 Å². The Morgan fingerprint density at radius 3 is 2.34 bits per heavy atom. The van der Waals surface area contributed by atoms with Crippen molar-refractivity contribution in [2.24, 2.45) is 5.92 Å². The van der Waals surface area contributed by atoms with Gasteiger partial charge in [-0.2, -0.15) is 0 Å². The molecule has 44 heavy (non-hydrogen) atoms. The molecule has 2 aliphatic rings. The fourth-order valence-corrected chi connectivity index (χ4v) is 5.17. The third-order valence-electron chi connectivity index (χ3n) is 7.84. The Hall–Kier alpha value is -3.61. The molecule has 232 valence electrons. The van der Waals surface area contributed by atoms with Gasteiger partial charge in [0.15, 0.2) is 0 Å². The number of carboxylic acids is 1. The number of benzene rings is 2. The first kappa shape index (κ1) is 34.9. The summed E-state index contributed by atoms with van der Waals surface area (Å²) < 4.78 is 5.51. The molecule has 4 N–H and O–H groups in total. The molecule has 0 aromatic heterocycles. The van der Waals surface area contributed by atoms with Crippen LogP contribution >= 0.6 is 0 Å². The average molecular weight is 618 g/mol. The van der Waals surface area contributed by atoms with Crippen LogP contribution in [0, 0.1) is 12.8 Å². The molecule has 1 aliphatic heterocycles. The zero-order valence-electron chi connectivity index (χ0n) is 25.1. The Balaban J connectivity index is 0.00000529. The number of ether oxygens (including phenoxy) is 1. The minimum absolute atomic E-state index is 0. The van der Waals surface area contributed by atoms with Crippen LogP contribution in [-0.4, -0.2) is 99.0 Å². The Morgan fingerprint density at radius 1 is 1.07 bits per heavy atom. The van der Waals surface area contributed by atoms with E-state index < -0.39 is 47.5 Å². The van der Waals surface area contributed by atoms with Crippen molar-refractivity contribution in [2.45, 2.75) is 77.5 Å². The molecule has 6 amide bonds. The number of carbonyl (C=O) groups excluding carboxylic acids is 4. The molecule has 0 spiro atoms. The van der Waals surface area contributed by atoms with Gasteiger partial charge < -0.3 is 30.7 Å². The first-order valence-electron chi connectivity index (χ1n) is 14.3. The van der Waals surface area contributed by atoms with Gasteiger partial charge in [0, 0.05) is 18.3 Å². The number of amides is 6. The van der Waals surface area contributed by atoms with E-state index in [9.17, 15) is 24.0 Å². The summed E-state index contributed by atoms with van der Waals surface area (Å²) >= 11 is 0. The summed E-state index contributed by atoms with van der Waals surface area (Å²) in [4.78, 5) is 66.9. The summed E-state index contributed by atoms with van der Waals surface area (Å²) in [5, 5.41) is 17.3.